The van der Waals surface area contributed by atoms with Gasteiger partial charge in [-0.05, 0) is 29.1 Å². The second kappa shape index (κ2) is 5.23. The molecule has 1 aliphatic heterocycles. The van der Waals surface area contributed by atoms with Gasteiger partial charge in [0.2, 0.25) is 0 Å². The summed E-state index contributed by atoms with van der Waals surface area (Å²) in [5.41, 5.74) is 0.269. The van der Waals surface area contributed by atoms with Gasteiger partial charge < -0.3 is 4.90 Å². The summed E-state index contributed by atoms with van der Waals surface area (Å²) in [6, 6.07) is 8.52. The number of carbonyl (C=O) groups excluding carboxylic acids is 1. The van der Waals surface area contributed by atoms with E-state index in [9.17, 15) is 13.6 Å². The number of fused-ring (bicyclic) bond motifs is 1. The van der Waals surface area contributed by atoms with E-state index in [1.54, 1.807) is 6.07 Å². The predicted molar refractivity (Wildman–Crippen MR) is 83.6 cm³/mol. The van der Waals surface area contributed by atoms with Gasteiger partial charge in [0.05, 0.1) is 21.3 Å². The highest BCUT2D eigenvalue weighted by Crippen LogP contribution is 2.37. The van der Waals surface area contributed by atoms with Crippen LogP contribution >= 0.6 is 15.9 Å². The minimum Gasteiger partial charge on any atom is -0.342 e. The third-order valence-electron chi connectivity index (χ3n) is 3.69. The van der Waals surface area contributed by atoms with E-state index >= 15 is 0 Å². The monoisotopic (exact) mass is 357 g/mol. The number of hydrogen-bond donors (Lipinski definition) is 0. The lowest BCUT2D eigenvalue weighted by Crippen LogP contribution is -2.44. The summed E-state index contributed by atoms with van der Waals surface area (Å²) in [5.74, 6) is -1.85. The fourth-order valence-electron chi connectivity index (χ4n) is 2.55. The van der Waals surface area contributed by atoms with Crippen molar-refractivity contribution in [2.45, 2.75) is 11.9 Å². The molecular weight excluding hydrogens is 350 g/mol. The molecule has 0 unspecified atom stereocenters. The van der Waals surface area contributed by atoms with Crippen LogP contribution in [-0.2, 0) is 11.9 Å². The molecule has 4 radical (unpaired) electrons. The van der Waals surface area contributed by atoms with E-state index in [1.165, 1.54) is 24.3 Å². The van der Waals surface area contributed by atoms with E-state index in [0.717, 1.165) is 11.0 Å². The van der Waals surface area contributed by atoms with Gasteiger partial charge in [-0.25, -0.2) is 8.78 Å². The van der Waals surface area contributed by atoms with Gasteiger partial charge in [0.25, 0.3) is 5.91 Å². The molecule has 2 aromatic rings. The van der Waals surface area contributed by atoms with Crippen molar-refractivity contribution < 1.29 is 13.6 Å². The molecular formula is C15H8B2BrF2NO. The molecule has 22 heavy (non-hydrogen) atoms. The zero-order valence-electron chi connectivity index (χ0n) is 11.3. The van der Waals surface area contributed by atoms with E-state index in [0.29, 0.717) is 4.47 Å². The molecule has 0 spiro atoms. The van der Waals surface area contributed by atoms with E-state index < -0.39 is 22.9 Å². The van der Waals surface area contributed by atoms with Crippen LogP contribution in [0.5, 0.6) is 0 Å². The molecule has 2 aromatic carbocycles. The quantitative estimate of drug-likeness (QED) is 0.757. The highest BCUT2D eigenvalue weighted by Gasteiger charge is 2.43. The molecule has 1 heterocycles. The zero-order valence-corrected chi connectivity index (χ0v) is 12.9. The van der Waals surface area contributed by atoms with Crippen LogP contribution in [-0.4, -0.2) is 26.5 Å². The lowest BCUT2D eigenvalue weighted by molar-refractivity contribution is 0.0727. The summed E-state index contributed by atoms with van der Waals surface area (Å²) in [6.07, 6.45) is 0. The van der Waals surface area contributed by atoms with Gasteiger partial charge >= 0.3 is 0 Å². The maximum absolute atomic E-state index is 14.0. The molecule has 0 saturated heterocycles. The molecule has 1 amide bonds. The topological polar surface area (TPSA) is 20.3 Å². The fourth-order valence-corrected chi connectivity index (χ4v) is 2.88. The Morgan fingerprint density at radius 2 is 1.86 bits per heavy atom. The van der Waals surface area contributed by atoms with Gasteiger partial charge in [0.1, 0.15) is 11.6 Å². The number of nitrogens with zero attached hydrogens (tertiary/aromatic N) is 1. The Labute approximate surface area is 137 Å². The fraction of sp³-hybridized carbons (Fsp3) is 0.133. The maximum Gasteiger partial charge on any atom is 0.256 e. The second-order valence-corrected chi connectivity index (χ2v) is 6.03. The van der Waals surface area contributed by atoms with E-state index in [4.69, 9.17) is 15.7 Å². The van der Waals surface area contributed by atoms with Crippen molar-refractivity contribution in [3.8, 4) is 0 Å². The van der Waals surface area contributed by atoms with Crippen LogP contribution in [0.4, 0.5) is 8.78 Å². The van der Waals surface area contributed by atoms with Gasteiger partial charge in [-0.15, -0.1) is 0 Å². The highest BCUT2D eigenvalue weighted by atomic mass is 79.9. The van der Waals surface area contributed by atoms with Crippen LogP contribution in [0.2, 0.25) is 0 Å². The molecule has 0 aromatic heterocycles. The summed E-state index contributed by atoms with van der Waals surface area (Å²) >= 11 is 3.16. The van der Waals surface area contributed by atoms with Crippen molar-refractivity contribution >= 4 is 37.5 Å². The third-order valence-corrected chi connectivity index (χ3v) is 4.19. The van der Waals surface area contributed by atoms with Crippen molar-refractivity contribution in [1.82, 2.24) is 4.90 Å². The number of halogens is 3. The standard InChI is InChI=1S/C15H8B2BrF2NO/c16-15(17)10-2-1-3-11(19)13(10)14(22)21(15)7-8-4-5-9(18)6-12(8)20/h1-6H,7H2. The second-order valence-electron chi connectivity index (χ2n) is 5.11. The molecule has 106 valence electrons. The summed E-state index contributed by atoms with van der Waals surface area (Å²) in [6.45, 7) is -0.154. The highest BCUT2D eigenvalue weighted by molar-refractivity contribution is 9.10. The van der Waals surface area contributed by atoms with Gasteiger partial charge in [-0.2, -0.15) is 0 Å². The van der Waals surface area contributed by atoms with E-state index in [1.807, 2.05) is 0 Å². The van der Waals surface area contributed by atoms with Crippen molar-refractivity contribution in [1.29, 1.82) is 0 Å². The first-order chi connectivity index (χ1) is 10.3. The van der Waals surface area contributed by atoms with Gasteiger partial charge in [-0.3, -0.25) is 4.79 Å². The van der Waals surface area contributed by atoms with Gasteiger partial charge in [-0.1, -0.05) is 34.1 Å². The number of carbonyl (C=O) groups is 1. The van der Waals surface area contributed by atoms with Crippen molar-refractivity contribution in [2.75, 3.05) is 0 Å². The minimum absolute atomic E-state index is 0.154. The van der Waals surface area contributed by atoms with Crippen molar-refractivity contribution in [2.24, 2.45) is 0 Å². The lowest BCUT2D eigenvalue weighted by atomic mass is 9.58. The molecule has 0 N–H and O–H groups in total. The minimum atomic E-state index is -1.69. The maximum atomic E-state index is 14.0. The van der Waals surface area contributed by atoms with Crippen molar-refractivity contribution in [3.05, 3.63) is 69.2 Å². The smallest absolute Gasteiger partial charge is 0.256 e. The van der Waals surface area contributed by atoms with Crippen LogP contribution in [0.15, 0.2) is 40.9 Å². The van der Waals surface area contributed by atoms with E-state index in [-0.39, 0.29) is 23.2 Å². The number of amides is 1. The average Bonchev–Trinajstić information content (AvgIpc) is 2.63. The number of benzene rings is 2. The molecule has 0 saturated carbocycles. The normalized spacial score (nSPS) is 16.0. The number of rotatable bonds is 2. The zero-order chi connectivity index (χ0) is 16.1. The van der Waals surface area contributed by atoms with Crippen LogP contribution < -0.4 is 0 Å². The molecule has 2 nitrogen and oxygen atoms in total. The summed E-state index contributed by atoms with van der Waals surface area (Å²) in [5, 5.41) is -1.69. The lowest BCUT2D eigenvalue weighted by Gasteiger charge is -2.34. The Morgan fingerprint density at radius 3 is 2.50 bits per heavy atom. The molecule has 7 heteroatoms. The first kappa shape index (κ1) is 15.3. The van der Waals surface area contributed by atoms with E-state index in [2.05, 4.69) is 15.9 Å². The van der Waals surface area contributed by atoms with Crippen LogP contribution in [0, 0.1) is 11.6 Å². The van der Waals surface area contributed by atoms with Crippen LogP contribution in [0.3, 0.4) is 0 Å². The van der Waals surface area contributed by atoms with Crippen LogP contribution in [0.25, 0.3) is 0 Å². The number of hydrogen-bond acceptors (Lipinski definition) is 1. The third kappa shape index (κ3) is 2.28. The molecule has 1 aliphatic rings. The molecule has 0 fully saturated rings. The Morgan fingerprint density at radius 1 is 1.14 bits per heavy atom. The Balaban J connectivity index is 2.03. The van der Waals surface area contributed by atoms with Gasteiger partial charge in [0.15, 0.2) is 0 Å². The first-order valence-electron chi connectivity index (χ1n) is 6.45. The first-order valence-corrected chi connectivity index (χ1v) is 7.24. The summed E-state index contributed by atoms with van der Waals surface area (Å²) in [4.78, 5) is 13.5. The summed E-state index contributed by atoms with van der Waals surface area (Å²) < 4.78 is 28.4. The summed E-state index contributed by atoms with van der Waals surface area (Å²) in [7, 11) is 12.0. The molecule has 0 atom stereocenters. The largest absolute Gasteiger partial charge is 0.342 e. The predicted octanol–water partition coefficient (Wildman–Crippen LogP) is 2.83. The molecule has 3 rings (SSSR count). The SMILES string of the molecule is [B]C1([B])c2cccc(F)c2C(=O)N1Cc1ccc(Br)cc1F. The Kier molecular flexibility index (Phi) is 3.63. The van der Waals surface area contributed by atoms with Crippen LogP contribution in [0.1, 0.15) is 21.5 Å². The molecule has 0 bridgehead atoms. The molecule has 0 aliphatic carbocycles. The Hall–Kier alpha value is -1.62. The average molecular weight is 358 g/mol. The van der Waals surface area contributed by atoms with Gasteiger partial charge in [0, 0.05) is 16.6 Å². The van der Waals surface area contributed by atoms with Crippen molar-refractivity contribution in [3.63, 3.8) is 0 Å². The Bertz CT molecular complexity index is 782.